The van der Waals surface area contributed by atoms with E-state index < -0.39 is 4.92 Å². The Hall–Kier alpha value is -3.67. The van der Waals surface area contributed by atoms with E-state index in [9.17, 15) is 10.1 Å². The molecular formula is C25H34N6O3. The van der Waals surface area contributed by atoms with Crippen LogP contribution in [-0.4, -0.2) is 29.0 Å². The predicted molar refractivity (Wildman–Crippen MR) is 134 cm³/mol. The van der Waals surface area contributed by atoms with Crippen molar-refractivity contribution in [2.75, 3.05) is 18.5 Å². The number of nitrogens with one attached hydrogen (secondary N) is 2. The third-order valence-corrected chi connectivity index (χ3v) is 5.26. The van der Waals surface area contributed by atoms with E-state index in [1.807, 2.05) is 18.3 Å². The van der Waals surface area contributed by atoms with Crippen LogP contribution in [0.5, 0.6) is 5.75 Å². The van der Waals surface area contributed by atoms with Crippen LogP contribution in [0, 0.1) is 21.6 Å². The number of aliphatic imine (C=N–C) groups is 1. The molecule has 0 radical (unpaired) electrons. The van der Waals surface area contributed by atoms with Crippen LogP contribution < -0.4 is 15.4 Å². The Morgan fingerprint density at radius 3 is 2.12 bits per heavy atom. The summed E-state index contributed by atoms with van der Waals surface area (Å²) in [5, 5.41) is 25.2. The number of benzene rings is 1. The van der Waals surface area contributed by atoms with Gasteiger partial charge in [-0.05, 0) is 37.1 Å². The summed E-state index contributed by atoms with van der Waals surface area (Å²) < 4.78 is 5.63. The summed E-state index contributed by atoms with van der Waals surface area (Å²) in [6.07, 6.45) is 17.0. The lowest BCUT2D eigenvalue weighted by Gasteiger charge is -2.07. The van der Waals surface area contributed by atoms with Gasteiger partial charge in [0.25, 0.3) is 5.69 Å². The summed E-state index contributed by atoms with van der Waals surface area (Å²) in [4.78, 5) is 18.6. The highest BCUT2D eigenvalue weighted by Crippen LogP contribution is 2.18. The van der Waals surface area contributed by atoms with Gasteiger partial charge in [-0.3, -0.25) is 25.4 Å². The van der Waals surface area contributed by atoms with Crippen molar-refractivity contribution in [2.24, 2.45) is 4.99 Å². The minimum Gasteiger partial charge on any atom is -0.494 e. The summed E-state index contributed by atoms with van der Waals surface area (Å²) in [6.45, 7) is 1.33. The minimum atomic E-state index is -0.409. The topological polar surface area (TPSA) is 125 Å². The Kier molecular flexibility index (Phi) is 13.2. The lowest BCUT2D eigenvalue weighted by Crippen LogP contribution is -2.27. The molecule has 0 unspecified atom stereocenters. The first-order chi connectivity index (χ1) is 16.7. The number of hydrogen-bond donors (Lipinski definition) is 2. The van der Waals surface area contributed by atoms with Crippen LogP contribution in [-0.2, 0) is 0 Å². The van der Waals surface area contributed by atoms with Crippen LogP contribution in [0.25, 0.3) is 0 Å². The summed E-state index contributed by atoms with van der Waals surface area (Å²) >= 11 is 0. The summed E-state index contributed by atoms with van der Waals surface area (Å²) in [6, 6.07) is 9.87. The molecule has 1 heterocycles. The zero-order valence-corrected chi connectivity index (χ0v) is 19.6. The number of ether oxygens (including phenoxy) is 1. The number of anilines is 1. The van der Waals surface area contributed by atoms with E-state index in [4.69, 9.17) is 10.00 Å². The molecule has 2 N–H and O–H groups in total. The number of pyridine rings is 1. The molecule has 2 rings (SSSR count). The molecular weight excluding hydrogens is 432 g/mol. The fraction of sp³-hybridized carbons (Fsp3) is 0.480. The predicted octanol–water partition coefficient (Wildman–Crippen LogP) is 5.81. The van der Waals surface area contributed by atoms with Crippen LogP contribution >= 0.6 is 0 Å². The molecule has 0 spiro atoms. The summed E-state index contributed by atoms with van der Waals surface area (Å²) in [5.41, 5.74) is 0.922. The van der Waals surface area contributed by atoms with Crippen molar-refractivity contribution >= 4 is 17.3 Å². The van der Waals surface area contributed by atoms with Gasteiger partial charge in [0.05, 0.1) is 11.5 Å². The molecule has 9 nitrogen and oxygen atoms in total. The molecule has 0 saturated carbocycles. The fourth-order valence-electron chi connectivity index (χ4n) is 3.41. The summed E-state index contributed by atoms with van der Waals surface area (Å²) in [5.74, 6) is 1.14. The number of hydrogen-bond acceptors (Lipinski definition) is 6. The van der Waals surface area contributed by atoms with Gasteiger partial charge in [-0.2, -0.15) is 5.26 Å². The maximum atomic E-state index is 10.6. The van der Waals surface area contributed by atoms with E-state index in [-0.39, 0.29) is 5.69 Å². The second-order valence-electron chi connectivity index (χ2n) is 7.96. The molecule has 1 aromatic carbocycles. The largest absolute Gasteiger partial charge is 0.494 e. The van der Waals surface area contributed by atoms with Crippen molar-refractivity contribution in [3.63, 3.8) is 0 Å². The van der Waals surface area contributed by atoms with E-state index in [0.717, 1.165) is 31.4 Å². The Morgan fingerprint density at radius 2 is 1.53 bits per heavy atom. The normalized spacial score (nSPS) is 11.0. The van der Waals surface area contributed by atoms with Crippen LogP contribution in [0.15, 0.2) is 53.8 Å². The number of nitriles is 1. The lowest BCUT2D eigenvalue weighted by molar-refractivity contribution is -0.384. The van der Waals surface area contributed by atoms with Gasteiger partial charge in [-0.25, -0.2) is 0 Å². The number of nitro groups is 1. The SMILES string of the molecule is N#CNC(=NCCCCCCCCCCCCOc1ccc([N+](=O)[O-])cc1)Nc1ccncc1. The van der Waals surface area contributed by atoms with Crippen LogP contribution in [0.3, 0.4) is 0 Å². The first-order valence-corrected chi connectivity index (χ1v) is 11.9. The van der Waals surface area contributed by atoms with Crippen molar-refractivity contribution in [1.82, 2.24) is 10.3 Å². The zero-order chi connectivity index (χ0) is 24.3. The van der Waals surface area contributed by atoms with Gasteiger partial charge >= 0.3 is 0 Å². The quantitative estimate of drug-likeness (QED) is 0.0608. The fourth-order valence-corrected chi connectivity index (χ4v) is 3.41. The Bertz CT molecular complexity index is 897. The molecule has 0 aliphatic carbocycles. The molecule has 0 aliphatic rings. The average molecular weight is 467 g/mol. The van der Waals surface area contributed by atoms with Gasteiger partial charge in [0.2, 0.25) is 5.96 Å². The van der Waals surface area contributed by atoms with E-state index >= 15 is 0 Å². The molecule has 2 aromatic rings. The zero-order valence-electron chi connectivity index (χ0n) is 19.6. The molecule has 0 saturated heterocycles. The minimum absolute atomic E-state index is 0.0807. The number of nitrogens with zero attached hydrogens (tertiary/aromatic N) is 4. The molecule has 0 bridgehead atoms. The Balaban J connectivity index is 1.40. The van der Waals surface area contributed by atoms with Gasteiger partial charge in [0, 0.05) is 36.8 Å². The van der Waals surface area contributed by atoms with E-state index in [1.165, 1.54) is 50.7 Å². The van der Waals surface area contributed by atoms with Crippen molar-refractivity contribution in [3.05, 3.63) is 58.9 Å². The maximum absolute atomic E-state index is 10.6. The molecule has 9 heteroatoms. The van der Waals surface area contributed by atoms with Crippen molar-refractivity contribution < 1.29 is 9.66 Å². The standard InChI is InChI=1S/C25H34N6O3/c26-21-29-25(30-22-15-18-27-19-16-22)28-17-9-7-5-3-1-2-4-6-8-10-20-34-24-13-11-23(12-14-24)31(32)33/h11-16,18-19H,1-10,17,20H2,(H2,27,28,29,30). The second kappa shape index (κ2) is 16.9. The van der Waals surface area contributed by atoms with E-state index in [1.54, 1.807) is 24.5 Å². The number of unbranched alkanes of at least 4 members (excludes halogenated alkanes) is 9. The van der Waals surface area contributed by atoms with Gasteiger partial charge < -0.3 is 10.1 Å². The monoisotopic (exact) mass is 466 g/mol. The first kappa shape index (κ1) is 26.6. The number of non-ortho nitro benzene ring substituents is 1. The number of rotatable bonds is 16. The molecule has 0 fully saturated rings. The average Bonchev–Trinajstić information content (AvgIpc) is 2.85. The van der Waals surface area contributed by atoms with E-state index in [0.29, 0.717) is 24.9 Å². The molecule has 0 aliphatic heterocycles. The van der Waals surface area contributed by atoms with Crippen LogP contribution in [0.4, 0.5) is 11.4 Å². The molecule has 34 heavy (non-hydrogen) atoms. The molecule has 0 amide bonds. The van der Waals surface area contributed by atoms with Crippen molar-refractivity contribution in [1.29, 1.82) is 5.26 Å². The molecule has 182 valence electrons. The summed E-state index contributed by atoms with van der Waals surface area (Å²) in [7, 11) is 0. The van der Waals surface area contributed by atoms with Gasteiger partial charge in [0.15, 0.2) is 6.19 Å². The molecule has 1 aromatic heterocycles. The van der Waals surface area contributed by atoms with Crippen molar-refractivity contribution in [3.8, 4) is 11.9 Å². The highest BCUT2D eigenvalue weighted by molar-refractivity contribution is 5.94. The smallest absolute Gasteiger partial charge is 0.269 e. The maximum Gasteiger partial charge on any atom is 0.269 e. The Labute approximate surface area is 201 Å². The van der Waals surface area contributed by atoms with Crippen LogP contribution in [0.1, 0.15) is 64.2 Å². The second-order valence-corrected chi connectivity index (χ2v) is 7.96. The number of aromatic nitrogens is 1. The highest BCUT2D eigenvalue weighted by Gasteiger charge is 2.04. The van der Waals surface area contributed by atoms with Crippen molar-refractivity contribution in [2.45, 2.75) is 64.2 Å². The van der Waals surface area contributed by atoms with Gasteiger partial charge in [0.1, 0.15) is 5.75 Å². The Morgan fingerprint density at radius 1 is 0.941 bits per heavy atom. The van der Waals surface area contributed by atoms with Crippen LogP contribution in [0.2, 0.25) is 0 Å². The number of guanidine groups is 1. The van der Waals surface area contributed by atoms with E-state index in [2.05, 4.69) is 20.6 Å². The highest BCUT2D eigenvalue weighted by atomic mass is 16.6. The van der Waals surface area contributed by atoms with Gasteiger partial charge in [-0.15, -0.1) is 0 Å². The van der Waals surface area contributed by atoms with Gasteiger partial charge in [-0.1, -0.05) is 51.4 Å². The lowest BCUT2D eigenvalue weighted by atomic mass is 10.1. The molecule has 0 atom stereocenters. The first-order valence-electron chi connectivity index (χ1n) is 11.9. The third kappa shape index (κ3) is 11.8. The third-order valence-electron chi connectivity index (χ3n) is 5.26. The number of nitro benzene ring substituents is 1.